The molecule has 0 amide bonds. The van der Waals surface area contributed by atoms with Crippen molar-refractivity contribution in [3.63, 3.8) is 0 Å². The first-order valence-corrected chi connectivity index (χ1v) is 4.50. The lowest BCUT2D eigenvalue weighted by Crippen LogP contribution is -2.10. The van der Waals surface area contributed by atoms with Crippen LogP contribution in [0, 0.1) is 5.92 Å². The predicted octanol–water partition coefficient (Wildman–Crippen LogP) is 1.05. The summed E-state index contributed by atoms with van der Waals surface area (Å²) >= 11 is 0. The van der Waals surface area contributed by atoms with Gasteiger partial charge in [-0.1, -0.05) is 12.8 Å². The van der Waals surface area contributed by atoms with Crippen molar-refractivity contribution in [3.8, 4) is 0 Å². The van der Waals surface area contributed by atoms with Crippen LogP contribution in [0.4, 0.5) is 5.82 Å². The van der Waals surface area contributed by atoms with Crippen LogP contribution in [0.2, 0.25) is 0 Å². The van der Waals surface area contributed by atoms with Crippen molar-refractivity contribution >= 4 is 5.82 Å². The normalized spacial score (nSPS) is 18.7. The fourth-order valence-electron chi connectivity index (χ4n) is 1.82. The molecule has 0 saturated heterocycles. The molecule has 0 radical (unpaired) electrons. The average Bonchev–Trinajstić information content (AvgIpc) is 2.63. The van der Waals surface area contributed by atoms with E-state index in [1.807, 2.05) is 0 Å². The van der Waals surface area contributed by atoms with Gasteiger partial charge in [-0.2, -0.15) is 9.90 Å². The molecule has 2 N–H and O–H groups in total. The topological polar surface area (TPSA) is 56.7 Å². The summed E-state index contributed by atoms with van der Waals surface area (Å²) < 4.78 is 0. The Bertz CT molecular complexity index is 249. The van der Waals surface area contributed by atoms with Crippen LogP contribution in [0.15, 0.2) is 6.20 Å². The molecule has 0 aliphatic heterocycles. The van der Waals surface area contributed by atoms with Gasteiger partial charge in [-0.15, -0.1) is 5.10 Å². The van der Waals surface area contributed by atoms with E-state index in [1.54, 1.807) is 11.0 Å². The monoisotopic (exact) mass is 166 g/mol. The van der Waals surface area contributed by atoms with E-state index in [9.17, 15) is 0 Å². The molecule has 1 saturated carbocycles. The smallest absolute Gasteiger partial charge is 0.165 e. The molecule has 0 atom stereocenters. The molecule has 0 bridgehead atoms. The van der Waals surface area contributed by atoms with Crippen LogP contribution in [0.5, 0.6) is 0 Å². The van der Waals surface area contributed by atoms with Crippen LogP contribution >= 0.6 is 0 Å². The molecule has 4 heteroatoms. The lowest BCUT2D eigenvalue weighted by molar-refractivity contribution is 0.395. The van der Waals surface area contributed by atoms with Crippen molar-refractivity contribution < 1.29 is 0 Å². The SMILES string of the molecule is Nc1cnn(CC2CCCC2)n1. The van der Waals surface area contributed by atoms with Crippen LogP contribution in [0.3, 0.4) is 0 Å². The van der Waals surface area contributed by atoms with Crippen molar-refractivity contribution in [3.05, 3.63) is 6.20 Å². The minimum atomic E-state index is 0.521. The molecule has 1 aromatic heterocycles. The van der Waals surface area contributed by atoms with Gasteiger partial charge >= 0.3 is 0 Å². The molecule has 1 heterocycles. The maximum atomic E-state index is 5.46. The zero-order chi connectivity index (χ0) is 8.39. The summed E-state index contributed by atoms with van der Waals surface area (Å²) in [7, 11) is 0. The molecule has 2 rings (SSSR count). The molecule has 1 aliphatic rings. The third kappa shape index (κ3) is 1.57. The van der Waals surface area contributed by atoms with Gasteiger partial charge in [0, 0.05) is 0 Å². The summed E-state index contributed by atoms with van der Waals surface area (Å²) in [6.07, 6.45) is 6.97. The van der Waals surface area contributed by atoms with E-state index in [-0.39, 0.29) is 0 Å². The average molecular weight is 166 g/mol. The second-order valence-corrected chi connectivity index (χ2v) is 3.47. The minimum absolute atomic E-state index is 0.521. The van der Waals surface area contributed by atoms with E-state index in [1.165, 1.54) is 25.7 Å². The Kier molecular flexibility index (Phi) is 1.98. The number of nitrogens with zero attached hydrogens (tertiary/aromatic N) is 3. The highest BCUT2D eigenvalue weighted by atomic mass is 15.5. The fraction of sp³-hybridized carbons (Fsp3) is 0.750. The highest BCUT2D eigenvalue weighted by molar-refractivity contribution is 5.19. The van der Waals surface area contributed by atoms with E-state index < -0.39 is 0 Å². The predicted molar refractivity (Wildman–Crippen MR) is 46.4 cm³/mol. The minimum Gasteiger partial charge on any atom is -0.381 e. The van der Waals surface area contributed by atoms with E-state index in [0.717, 1.165) is 12.5 Å². The van der Waals surface area contributed by atoms with Crippen molar-refractivity contribution in [2.75, 3.05) is 5.73 Å². The fourth-order valence-corrected chi connectivity index (χ4v) is 1.82. The number of rotatable bonds is 2. The molecular weight excluding hydrogens is 152 g/mol. The summed E-state index contributed by atoms with van der Waals surface area (Å²) in [4.78, 5) is 1.71. The lowest BCUT2D eigenvalue weighted by atomic mass is 10.1. The summed E-state index contributed by atoms with van der Waals surface area (Å²) in [5, 5.41) is 8.12. The number of nitrogen functional groups attached to an aromatic ring is 1. The lowest BCUT2D eigenvalue weighted by Gasteiger charge is -2.06. The highest BCUT2D eigenvalue weighted by Crippen LogP contribution is 2.25. The summed E-state index contributed by atoms with van der Waals surface area (Å²) in [5.41, 5.74) is 5.46. The van der Waals surface area contributed by atoms with Gasteiger partial charge in [0.25, 0.3) is 0 Å². The Hall–Kier alpha value is -1.06. The van der Waals surface area contributed by atoms with Crippen LogP contribution in [-0.2, 0) is 6.54 Å². The number of hydrogen-bond donors (Lipinski definition) is 1. The Morgan fingerprint density at radius 3 is 2.83 bits per heavy atom. The number of anilines is 1. The van der Waals surface area contributed by atoms with Gasteiger partial charge in [-0.05, 0) is 18.8 Å². The van der Waals surface area contributed by atoms with E-state index in [2.05, 4.69) is 10.2 Å². The number of aromatic nitrogens is 3. The third-order valence-corrected chi connectivity index (χ3v) is 2.45. The van der Waals surface area contributed by atoms with Crippen LogP contribution in [-0.4, -0.2) is 15.0 Å². The molecule has 4 nitrogen and oxygen atoms in total. The molecular formula is C8H14N4. The first kappa shape index (κ1) is 7.58. The zero-order valence-electron chi connectivity index (χ0n) is 7.11. The van der Waals surface area contributed by atoms with Gasteiger partial charge in [-0.3, -0.25) is 0 Å². The Morgan fingerprint density at radius 2 is 2.25 bits per heavy atom. The third-order valence-electron chi connectivity index (χ3n) is 2.45. The maximum absolute atomic E-state index is 5.46. The van der Waals surface area contributed by atoms with E-state index in [4.69, 9.17) is 5.73 Å². The van der Waals surface area contributed by atoms with Gasteiger partial charge in [0.2, 0.25) is 0 Å². The first-order chi connectivity index (χ1) is 5.84. The van der Waals surface area contributed by atoms with Crippen LogP contribution in [0.1, 0.15) is 25.7 Å². The molecule has 1 aliphatic carbocycles. The molecule has 0 spiro atoms. The van der Waals surface area contributed by atoms with Gasteiger partial charge in [0.05, 0.1) is 12.7 Å². The summed E-state index contributed by atoms with van der Waals surface area (Å²) in [6, 6.07) is 0. The van der Waals surface area contributed by atoms with Crippen LogP contribution in [0.25, 0.3) is 0 Å². The van der Waals surface area contributed by atoms with Crippen molar-refractivity contribution in [1.29, 1.82) is 0 Å². The second-order valence-electron chi connectivity index (χ2n) is 3.47. The Labute approximate surface area is 71.8 Å². The summed E-state index contributed by atoms with van der Waals surface area (Å²) in [6.45, 7) is 0.942. The van der Waals surface area contributed by atoms with Crippen molar-refractivity contribution in [2.24, 2.45) is 5.92 Å². The molecule has 1 fully saturated rings. The van der Waals surface area contributed by atoms with Gasteiger partial charge < -0.3 is 5.73 Å². The van der Waals surface area contributed by atoms with Crippen molar-refractivity contribution in [1.82, 2.24) is 15.0 Å². The van der Waals surface area contributed by atoms with E-state index >= 15 is 0 Å². The largest absolute Gasteiger partial charge is 0.381 e. The Morgan fingerprint density at radius 1 is 1.50 bits per heavy atom. The zero-order valence-corrected chi connectivity index (χ0v) is 7.11. The van der Waals surface area contributed by atoms with Gasteiger partial charge in [0.1, 0.15) is 0 Å². The van der Waals surface area contributed by atoms with Crippen molar-refractivity contribution in [2.45, 2.75) is 32.2 Å². The van der Waals surface area contributed by atoms with Gasteiger partial charge in [-0.25, -0.2) is 0 Å². The number of hydrogen-bond acceptors (Lipinski definition) is 3. The Balaban J connectivity index is 1.94. The molecule has 1 aromatic rings. The maximum Gasteiger partial charge on any atom is 0.165 e. The second kappa shape index (κ2) is 3.13. The summed E-state index contributed by atoms with van der Waals surface area (Å²) in [5.74, 6) is 1.30. The quantitative estimate of drug-likeness (QED) is 0.714. The molecule has 66 valence electrons. The molecule has 0 aromatic carbocycles. The van der Waals surface area contributed by atoms with Crippen LogP contribution < -0.4 is 5.73 Å². The molecule has 0 unspecified atom stereocenters. The molecule has 12 heavy (non-hydrogen) atoms. The van der Waals surface area contributed by atoms with E-state index in [0.29, 0.717) is 5.82 Å². The first-order valence-electron chi connectivity index (χ1n) is 4.50. The highest BCUT2D eigenvalue weighted by Gasteiger charge is 2.15. The number of nitrogens with two attached hydrogens (primary N) is 1. The van der Waals surface area contributed by atoms with Gasteiger partial charge in [0.15, 0.2) is 5.82 Å². The standard InChI is InChI=1S/C8H14N4/c9-8-5-10-12(11-8)6-7-3-1-2-4-7/h5,7H,1-4,6H2,(H2,9,11).